The Hall–Kier alpha value is -3.15. The number of unbranched alkanes of at least 4 members (excludes halogenated alkanes) is 1. The summed E-state index contributed by atoms with van der Waals surface area (Å²) in [6.45, 7) is 1.13. The van der Waals surface area contributed by atoms with Crippen molar-refractivity contribution in [2.24, 2.45) is 0 Å². The van der Waals surface area contributed by atoms with Gasteiger partial charge in [0.25, 0.3) is 5.91 Å². The van der Waals surface area contributed by atoms with Crippen molar-refractivity contribution in [3.8, 4) is 11.4 Å². The molecule has 1 amide bonds. The van der Waals surface area contributed by atoms with E-state index in [1.165, 1.54) is 24.3 Å². The van der Waals surface area contributed by atoms with Gasteiger partial charge in [0, 0.05) is 30.2 Å². The molecule has 26 heavy (non-hydrogen) atoms. The highest BCUT2D eigenvalue weighted by atomic mass is 19.1. The highest BCUT2D eigenvalue weighted by Gasteiger charge is 2.04. The molecule has 0 unspecified atom stereocenters. The van der Waals surface area contributed by atoms with Gasteiger partial charge in [-0.15, -0.1) is 0 Å². The van der Waals surface area contributed by atoms with Crippen LogP contribution in [0.15, 0.2) is 67.3 Å². The Kier molecular flexibility index (Phi) is 5.98. The van der Waals surface area contributed by atoms with Gasteiger partial charge in [0.2, 0.25) is 0 Å². The Morgan fingerprint density at radius 1 is 1.08 bits per heavy atom. The van der Waals surface area contributed by atoms with Crippen LogP contribution >= 0.6 is 0 Å². The van der Waals surface area contributed by atoms with Gasteiger partial charge in [0.1, 0.15) is 11.6 Å². The molecule has 0 aliphatic carbocycles. The van der Waals surface area contributed by atoms with Gasteiger partial charge in [0.05, 0.1) is 12.9 Å². The Morgan fingerprint density at radius 3 is 2.54 bits per heavy atom. The third-order valence-electron chi connectivity index (χ3n) is 3.87. The maximum atomic E-state index is 12.8. The zero-order valence-corrected chi connectivity index (χ0v) is 14.3. The van der Waals surface area contributed by atoms with Gasteiger partial charge in [0.15, 0.2) is 0 Å². The molecule has 2 aromatic carbocycles. The van der Waals surface area contributed by atoms with E-state index in [4.69, 9.17) is 4.74 Å². The van der Waals surface area contributed by atoms with Gasteiger partial charge in [-0.25, -0.2) is 9.37 Å². The number of imidazole rings is 1. The minimum Gasteiger partial charge on any atom is -0.494 e. The van der Waals surface area contributed by atoms with Crippen LogP contribution in [0.4, 0.5) is 4.39 Å². The van der Waals surface area contributed by atoms with E-state index < -0.39 is 0 Å². The van der Waals surface area contributed by atoms with E-state index in [9.17, 15) is 9.18 Å². The molecule has 0 fully saturated rings. The predicted molar refractivity (Wildman–Crippen MR) is 97.0 cm³/mol. The second-order valence-electron chi connectivity index (χ2n) is 5.78. The van der Waals surface area contributed by atoms with Crippen molar-refractivity contribution in [2.45, 2.75) is 12.8 Å². The summed E-state index contributed by atoms with van der Waals surface area (Å²) in [7, 11) is 0. The summed E-state index contributed by atoms with van der Waals surface area (Å²) in [6.07, 6.45) is 7.00. The fraction of sp³-hybridized carbons (Fsp3) is 0.200. The Labute approximate surface area is 151 Å². The van der Waals surface area contributed by atoms with Crippen molar-refractivity contribution in [1.82, 2.24) is 14.9 Å². The predicted octanol–water partition coefficient (Wildman–Crippen LogP) is 3.60. The average molecular weight is 353 g/mol. The number of halogens is 1. The van der Waals surface area contributed by atoms with Crippen LogP contribution in [0.3, 0.4) is 0 Å². The number of hydrogen-bond acceptors (Lipinski definition) is 3. The van der Waals surface area contributed by atoms with Crippen molar-refractivity contribution in [1.29, 1.82) is 0 Å². The number of carbonyl (C=O) groups is 1. The quantitative estimate of drug-likeness (QED) is 0.630. The van der Waals surface area contributed by atoms with E-state index in [-0.39, 0.29) is 11.7 Å². The monoisotopic (exact) mass is 353 g/mol. The molecule has 0 saturated carbocycles. The molecule has 1 N–H and O–H groups in total. The molecular weight excluding hydrogens is 333 g/mol. The Bertz CT molecular complexity index is 815. The normalized spacial score (nSPS) is 10.5. The molecule has 0 atom stereocenters. The van der Waals surface area contributed by atoms with Gasteiger partial charge < -0.3 is 14.6 Å². The standard InChI is InChI=1S/C20H20FN3O2/c21-17-5-3-16(4-6-17)20(25)23-11-1-2-14-26-19-9-7-18(8-10-19)24-13-12-22-15-24/h3-10,12-13,15H,1-2,11,14H2,(H,23,25). The summed E-state index contributed by atoms with van der Waals surface area (Å²) in [4.78, 5) is 15.9. The molecule has 0 saturated heterocycles. The molecular formula is C20H20FN3O2. The van der Waals surface area contributed by atoms with Crippen LogP contribution in [0.1, 0.15) is 23.2 Å². The molecule has 134 valence electrons. The minimum absolute atomic E-state index is 0.194. The van der Waals surface area contributed by atoms with Gasteiger partial charge in [-0.05, 0) is 61.4 Å². The second kappa shape index (κ2) is 8.80. The maximum Gasteiger partial charge on any atom is 0.251 e. The maximum absolute atomic E-state index is 12.8. The smallest absolute Gasteiger partial charge is 0.251 e. The molecule has 3 rings (SSSR count). The number of hydrogen-bond donors (Lipinski definition) is 1. The summed E-state index contributed by atoms with van der Waals surface area (Å²) in [5.74, 6) is 0.266. The van der Waals surface area contributed by atoms with Crippen LogP contribution in [-0.2, 0) is 0 Å². The Morgan fingerprint density at radius 2 is 1.85 bits per heavy atom. The number of ether oxygens (including phenoxy) is 1. The molecule has 1 aromatic heterocycles. The molecule has 0 spiro atoms. The van der Waals surface area contributed by atoms with Crippen molar-refractivity contribution < 1.29 is 13.9 Å². The summed E-state index contributed by atoms with van der Waals surface area (Å²) < 4.78 is 20.5. The van der Waals surface area contributed by atoms with E-state index in [1.807, 2.05) is 35.0 Å². The molecule has 6 heteroatoms. The van der Waals surface area contributed by atoms with Gasteiger partial charge >= 0.3 is 0 Å². The number of nitrogens with one attached hydrogen (secondary N) is 1. The first-order valence-electron chi connectivity index (χ1n) is 8.47. The largest absolute Gasteiger partial charge is 0.494 e. The topological polar surface area (TPSA) is 56.1 Å². The van der Waals surface area contributed by atoms with Gasteiger partial charge in [-0.2, -0.15) is 0 Å². The van der Waals surface area contributed by atoms with Crippen LogP contribution < -0.4 is 10.1 Å². The van der Waals surface area contributed by atoms with Crippen LogP contribution in [-0.4, -0.2) is 28.6 Å². The van der Waals surface area contributed by atoms with E-state index in [1.54, 1.807) is 12.5 Å². The zero-order valence-electron chi connectivity index (χ0n) is 14.3. The van der Waals surface area contributed by atoms with Crippen molar-refractivity contribution in [2.75, 3.05) is 13.2 Å². The van der Waals surface area contributed by atoms with Gasteiger partial charge in [-0.1, -0.05) is 0 Å². The molecule has 0 radical (unpaired) electrons. The summed E-state index contributed by atoms with van der Waals surface area (Å²) in [5.41, 5.74) is 1.49. The number of aromatic nitrogens is 2. The van der Waals surface area contributed by atoms with Crippen LogP contribution in [0.2, 0.25) is 0 Å². The number of amides is 1. The van der Waals surface area contributed by atoms with Crippen LogP contribution in [0, 0.1) is 5.82 Å². The van der Waals surface area contributed by atoms with E-state index >= 15 is 0 Å². The average Bonchev–Trinajstić information content (AvgIpc) is 3.20. The first-order valence-corrected chi connectivity index (χ1v) is 8.47. The molecule has 5 nitrogen and oxygen atoms in total. The lowest BCUT2D eigenvalue weighted by molar-refractivity contribution is 0.0952. The highest BCUT2D eigenvalue weighted by molar-refractivity contribution is 5.94. The fourth-order valence-electron chi connectivity index (χ4n) is 2.45. The molecule has 3 aromatic rings. The van der Waals surface area contributed by atoms with Crippen LogP contribution in [0.5, 0.6) is 5.75 Å². The van der Waals surface area contributed by atoms with E-state index in [0.29, 0.717) is 18.7 Å². The summed E-state index contributed by atoms with van der Waals surface area (Å²) in [5, 5.41) is 2.81. The lowest BCUT2D eigenvalue weighted by atomic mass is 10.2. The lowest BCUT2D eigenvalue weighted by Crippen LogP contribution is -2.24. The third kappa shape index (κ3) is 4.92. The zero-order chi connectivity index (χ0) is 18.2. The van der Waals surface area contributed by atoms with Gasteiger partial charge in [-0.3, -0.25) is 4.79 Å². The summed E-state index contributed by atoms with van der Waals surface area (Å²) in [6, 6.07) is 13.3. The molecule has 0 bridgehead atoms. The first-order chi connectivity index (χ1) is 12.7. The molecule has 0 aliphatic rings. The van der Waals surface area contributed by atoms with Crippen molar-refractivity contribution in [3.05, 3.63) is 78.6 Å². The number of carbonyl (C=O) groups excluding carboxylic acids is 1. The third-order valence-corrected chi connectivity index (χ3v) is 3.87. The Balaban J connectivity index is 1.33. The van der Waals surface area contributed by atoms with Crippen molar-refractivity contribution in [3.63, 3.8) is 0 Å². The number of nitrogens with zero attached hydrogens (tertiary/aromatic N) is 2. The number of benzene rings is 2. The van der Waals surface area contributed by atoms with E-state index in [0.717, 1.165) is 24.3 Å². The summed E-state index contributed by atoms with van der Waals surface area (Å²) >= 11 is 0. The second-order valence-corrected chi connectivity index (χ2v) is 5.78. The molecule has 1 heterocycles. The fourth-order valence-corrected chi connectivity index (χ4v) is 2.45. The van der Waals surface area contributed by atoms with Crippen LogP contribution in [0.25, 0.3) is 5.69 Å². The highest BCUT2D eigenvalue weighted by Crippen LogP contribution is 2.15. The lowest BCUT2D eigenvalue weighted by Gasteiger charge is -2.08. The SMILES string of the molecule is O=C(NCCCCOc1ccc(-n2ccnc2)cc1)c1ccc(F)cc1. The number of rotatable bonds is 8. The molecule has 0 aliphatic heterocycles. The van der Waals surface area contributed by atoms with E-state index in [2.05, 4.69) is 10.3 Å². The minimum atomic E-state index is -0.350. The first kappa shape index (κ1) is 17.7. The van der Waals surface area contributed by atoms with Crippen molar-refractivity contribution >= 4 is 5.91 Å².